The van der Waals surface area contributed by atoms with Gasteiger partial charge < -0.3 is 10.2 Å². The van der Waals surface area contributed by atoms with Gasteiger partial charge in [-0.2, -0.15) is 0 Å². The van der Waals surface area contributed by atoms with E-state index in [1.54, 1.807) is 12.1 Å². The molecule has 0 spiro atoms. The summed E-state index contributed by atoms with van der Waals surface area (Å²) in [6.45, 7) is 4.73. The number of carbonyl (C=O) groups excluding carboxylic acids is 2. The normalized spacial score (nSPS) is 14.9. The standard InChI is InChI=1S/C22H23F3N2O2/c1-13(2)14-3-5-15(6-4-14)21(28)26-16-9-11-27(12-10-16)22(29)17-7-8-18(23)20(25)19(17)24/h3-8,13,16H,9-12H2,1-2H3,(H,26,28). The van der Waals surface area contributed by atoms with Crippen molar-refractivity contribution in [1.29, 1.82) is 0 Å². The Balaban J connectivity index is 1.57. The molecule has 1 fully saturated rings. The predicted molar refractivity (Wildman–Crippen MR) is 103 cm³/mol. The molecule has 4 nitrogen and oxygen atoms in total. The summed E-state index contributed by atoms with van der Waals surface area (Å²) in [5.74, 6) is -4.95. The van der Waals surface area contributed by atoms with Crippen LogP contribution in [0.2, 0.25) is 0 Å². The van der Waals surface area contributed by atoms with Crippen molar-refractivity contribution >= 4 is 11.8 Å². The Morgan fingerprint density at radius 1 is 0.966 bits per heavy atom. The molecule has 0 bridgehead atoms. The average Bonchev–Trinajstić information content (AvgIpc) is 2.72. The monoisotopic (exact) mass is 404 g/mol. The van der Waals surface area contributed by atoms with Crippen molar-refractivity contribution in [3.63, 3.8) is 0 Å². The average molecular weight is 404 g/mol. The van der Waals surface area contributed by atoms with Crippen molar-refractivity contribution in [1.82, 2.24) is 10.2 Å². The van der Waals surface area contributed by atoms with Gasteiger partial charge in [-0.25, -0.2) is 13.2 Å². The van der Waals surface area contributed by atoms with E-state index in [0.29, 0.717) is 24.3 Å². The second kappa shape index (κ2) is 8.68. The quantitative estimate of drug-likeness (QED) is 0.774. The molecule has 1 aliphatic rings. The smallest absolute Gasteiger partial charge is 0.256 e. The third-order valence-electron chi connectivity index (χ3n) is 5.22. The van der Waals surface area contributed by atoms with Crippen molar-refractivity contribution in [2.24, 2.45) is 0 Å². The summed E-state index contributed by atoms with van der Waals surface area (Å²) in [4.78, 5) is 26.2. The van der Waals surface area contributed by atoms with Gasteiger partial charge >= 0.3 is 0 Å². The lowest BCUT2D eigenvalue weighted by Gasteiger charge is -2.32. The maximum absolute atomic E-state index is 13.9. The zero-order chi connectivity index (χ0) is 21.1. The summed E-state index contributed by atoms with van der Waals surface area (Å²) in [6, 6.07) is 9.00. The van der Waals surface area contributed by atoms with Crippen LogP contribution in [0.3, 0.4) is 0 Å². The molecule has 154 valence electrons. The van der Waals surface area contributed by atoms with E-state index >= 15 is 0 Å². The number of halogens is 3. The minimum Gasteiger partial charge on any atom is -0.349 e. The summed E-state index contributed by atoms with van der Waals surface area (Å²) in [5, 5.41) is 2.95. The number of rotatable bonds is 4. The number of likely N-dealkylation sites (tertiary alicyclic amines) is 1. The third-order valence-corrected chi connectivity index (χ3v) is 5.22. The molecule has 0 saturated carbocycles. The fraction of sp³-hybridized carbons (Fsp3) is 0.364. The molecule has 29 heavy (non-hydrogen) atoms. The van der Waals surface area contributed by atoms with Crippen LogP contribution in [0.25, 0.3) is 0 Å². The third kappa shape index (κ3) is 4.60. The Kier molecular flexibility index (Phi) is 6.25. The van der Waals surface area contributed by atoms with E-state index in [2.05, 4.69) is 19.2 Å². The first-order chi connectivity index (χ1) is 13.8. The Bertz CT molecular complexity index is 905. The minimum absolute atomic E-state index is 0.119. The van der Waals surface area contributed by atoms with Gasteiger partial charge in [-0.1, -0.05) is 26.0 Å². The van der Waals surface area contributed by atoms with Crippen LogP contribution in [-0.4, -0.2) is 35.8 Å². The van der Waals surface area contributed by atoms with Crippen molar-refractivity contribution in [2.75, 3.05) is 13.1 Å². The Morgan fingerprint density at radius 2 is 1.59 bits per heavy atom. The highest BCUT2D eigenvalue weighted by molar-refractivity contribution is 5.95. The first-order valence-corrected chi connectivity index (χ1v) is 9.61. The predicted octanol–water partition coefficient (Wildman–Crippen LogP) is 4.26. The molecular formula is C22H23F3N2O2. The van der Waals surface area contributed by atoms with Crippen LogP contribution < -0.4 is 5.32 Å². The summed E-state index contributed by atoms with van der Waals surface area (Å²) in [5.41, 5.74) is 1.23. The van der Waals surface area contributed by atoms with Gasteiger partial charge in [0.2, 0.25) is 0 Å². The van der Waals surface area contributed by atoms with E-state index in [0.717, 1.165) is 17.7 Å². The van der Waals surface area contributed by atoms with Crippen LogP contribution in [0.4, 0.5) is 13.2 Å². The van der Waals surface area contributed by atoms with Crippen LogP contribution in [-0.2, 0) is 0 Å². The molecule has 7 heteroatoms. The van der Waals surface area contributed by atoms with Crippen LogP contribution in [0.5, 0.6) is 0 Å². The maximum atomic E-state index is 13.9. The largest absolute Gasteiger partial charge is 0.349 e. The molecule has 1 aliphatic heterocycles. The molecule has 0 aliphatic carbocycles. The first-order valence-electron chi connectivity index (χ1n) is 9.61. The van der Waals surface area contributed by atoms with Crippen molar-refractivity contribution in [3.8, 4) is 0 Å². The molecule has 0 aromatic heterocycles. The first kappa shape index (κ1) is 20.9. The van der Waals surface area contributed by atoms with Gasteiger partial charge in [0.05, 0.1) is 5.56 Å². The molecule has 1 heterocycles. The second-order valence-electron chi connectivity index (χ2n) is 7.54. The van der Waals surface area contributed by atoms with Gasteiger partial charge in [0, 0.05) is 24.7 Å². The van der Waals surface area contributed by atoms with Gasteiger partial charge in [0.25, 0.3) is 11.8 Å². The molecule has 0 radical (unpaired) electrons. The molecule has 0 atom stereocenters. The highest BCUT2D eigenvalue weighted by Gasteiger charge is 2.28. The lowest BCUT2D eigenvalue weighted by molar-refractivity contribution is 0.0692. The number of amides is 2. The number of hydrogen-bond donors (Lipinski definition) is 1. The number of hydrogen-bond acceptors (Lipinski definition) is 2. The van der Waals surface area contributed by atoms with Crippen LogP contribution in [0, 0.1) is 17.5 Å². The fourth-order valence-electron chi connectivity index (χ4n) is 3.38. The molecular weight excluding hydrogens is 381 g/mol. The van der Waals surface area contributed by atoms with E-state index in [-0.39, 0.29) is 25.0 Å². The molecule has 1 N–H and O–H groups in total. The summed E-state index contributed by atoms with van der Waals surface area (Å²) in [6.07, 6.45) is 0.986. The topological polar surface area (TPSA) is 49.4 Å². The Hall–Kier alpha value is -2.83. The Morgan fingerprint density at radius 3 is 2.17 bits per heavy atom. The molecule has 2 aromatic rings. The number of nitrogens with zero attached hydrogens (tertiary/aromatic N) is 1. The van der Waals surface area contributed by atoms with Gasteiger partial charge in [-0.15, -0.1) is 0 Å². The highest BCUT2D eigenvalue weighted by Crippen LogP contribution is 2.20. The molecule has 2 aromatic carbocycles. The summed E-state index contributed by atoms with van der Waals surface area (Å²) < 4.78 is 40.3. The van der Waals surface area contributed by atoms with Gasteiger partial charge in [0.15, 0.2) is 17.5 Å². The van der Waals surface area contributed by atoms with Crippen LogP contribution in [0.15, 0.2) is 36.4 Å². The van der Waals surface area contributed by atoms with E-state index < -0.39 is 28.9 Å². The van der Waals surface area contributed by atoms with Crippen molar-refractivity contribution in [3.05, 3.63) is 70.5 Å². The molecule has 3 rings (SSSR count). The van der Waals surface area contributed by atoms with E-state index in [9.17, 15) is 22.8 Å². The SMILES string of the molecule is CC(C)c1ccc(C(=O)NC2CCN(C(=O)c3ccc(F)c(F)c3F)CC2)cc1. The van der Waals surface area contributed by atoms with Crippen molar-refractivity contribution < 1.29 is 22.8 Å². The number of nitrogens with one attached hydrogen (secondary N) is 1. The molecule has 0 unspecified atom stereocenters. The maximum Gasteiger partial charge on any atom is 0.256 e. The summed E-state index contributed by atoms with van der Waals surface area (Å²) in [7, 11) is 0. The summed E-state index contributed by atoms with van der Waals surface area (Å²) >= 11 is 0. The van der Waals surface area contributed by atoms with E-state index in [1.165, 1.54) is 4.90 Å². The van der Waals surface area contributed by atoms with Crippen LogP contribution in [0.1, 0.15) is 58.9 Å². The molecule has 2 amide bonds. The van der Waals surface area contributed by atoms with Crippen LogP contribution >= 0.6 is 0 Å². The lowest BCUT2D eigenvalue weighted by atomic mass is 10.0. The zero-order valence-corrected chi connectivity index (χ0v) is 16.3. The number of carbonyl (C=O) groups is 2. The van der Waals surface area contributed by atoms with Gasteiger partial charge in [-0.05, 0) is 48.6 Å². The molecule has 1 saturated heterocycles. The zero-order valence-electron chi connectivity index (χ0n) is 16.3. The number of benzene rings is 2. The lowest BCUT2D eigenvalue weighted by Crippen LogP contribution is -2.46. The van der Waals surface area contributed by atoms with Gasteiger partial charge in [-0.3, -0.25) is 9.59 Å². The number of piperidine rings is 1. The highest BCUT2D eigenvalue weighted by atomic mass is 19.2. The fourth-order valence-corrected chi connectivity index (χ4v) is 3.38. The van der Waals surface area contributed by atoms with Gasteiger partial charge in [0.1, 0.15) is 0 Å². The second-order valence-corrected chi connectivity index (χ2v) is 7.54. The minimum atomic E-state index is -1.65. The van der Waals surface area contributed by atoms with E-state index in [1.807, 2.05) is 12.1 Å². The Labute approximate surface area is 167 Å². The van der Waals surface area contributed by atoms with Crippen molar-refractivity contribution in [2.45, 2.75) is 38.6 Å². The van der Waals surface area contributed by atoms with E-state index in [4.69, 9.17) is 0 Å².